The van der Waals surface area contributed by atoms with E-state index < -0.39 is 0 Å². The molecule has 1 fully saturated rings. The van der Waals surface area contributed by atoms with E-state index >= 15 is 0 Å². The van der Waals surface area contributed by atoms with Gasteiger partial charge >= 0.3 is 0 Å². The highest BCUT2D eigenvalue weighted by Crippen LogP contribution is 2.48. The molecule has 82 valence electrons. The molecular formula is C10H19NO2S. The third kappa shape index (κ3) is 4.35. The van der Waals surface area contributed by atoms with E-state index in [9.17, 15) is 0 Å². The zero-order valence-corrected chi connectivity index (χ0v) is 9.57. The fraction of sp³-hybridized carbons (Fsp3) is 0.900. The first-order valence-electron chi connectivity index (χ1n) is 5.03. The SMILES string of the molecule is COCCCOCC1(CC(N)=S)CC1. The summed E-state index contributed by atoms with van der Waals surface area (Å²) in [6.07, 6.45) is 4.20. The van der Waals surface area contributed by atoms with E-state index in [1.807, 2.05) is 0 Å². The zero-order chi connectivity index (χ0) is 10.4. The van der Waals surface area contributed by atoms with E-state index in [0.29, 0.717) is 10.4 Å². The molecule has 14 heavy (non-hydrogen) atoms. The Labute approximate surface area is 90.9 Å². The first kappa shape index (κ1) is 11.9. The van der Waals surface area contributed by atoms with Crippen molar-refractivity contribution in [1.82, 2.24) is 0 Å². The van der Waals surface area contributed by atoms with Crippen LogP contribution in [0, 0.1) is 5.41 Å². The minimum absolute atomic E-state index is 0.291. The Bertz CT molecular complexity index is 193. The Kier molecular flexibility index (Phi) is 4.78. The Balaban J connectivity index is 2.03. The van der Waals surface area contributed by atoms with Gasteiger partial charge in [-0.2, -0.15) is 0 Å². The number of thiocarbonyl (C=S) groups is 1. The zero-order valence-electron chi connectivity index (χ0n) is 8.75. The predicted molar refractivity (Wildman–Crippen MR) is 60.4 cm³/mol. The maximum absolute atomic E-state index is 5.57. The molecule has 0 aliphatic heterocycles. The highest BCUT2D eigenvalue weighted by atomic mass is 32.1. The van der Waals surface area contributed by atoms with Gasteiger partial charge in [0, 0.05) is 32.2 Å². The van der Waals surface area contributed by atoms with Crippen LogP contribution in [0.4, 0.5) is 0 Å². The van der Waals surface area contributed by atoms with E-state index in [1.165, 1.54) is 12.8 Å². The van der Waals surface area contributed by atoms with Gasteiger partial charge in [-0.15, -0.1) is 0 Å². The van der Waals surface area contributed by atoms with Gasteiger partial charge in [0.15, 0.2) is 0 Å². The number of hydrogen-bond acceptors (Lipinski definition) is 3. The fourth-order valence-corrected chi connectivity index (χ4v) is 1.82. The maximum Gasteiger partial charge on any atom is 0.0733 e. The summed E-state index contributed by atoms with van der Waals surface area (Å²) in [5.74, 6) is 0. The number of nitrogens with two attached hydrogens (primary N) is 1. The Morgan fingerprint density at radius 3 is 2.64 bits per heavy atom. The number of hydrogen-bond donors (Lipinski definition) is 1. The van der Waals surface area contributed by atoms with Crippen LogP contribution in [0.2, 0.25) is 0 Å². The molecule has 1 rings (SSSR count). The molecule has 3 nitrogen and oxygen atoms in total. The average molecular weight is 217 g/mol. The fourth-order valence-electron chi connectivity index (χ4n) is 1.51. The van der Waals surface area contributed by atoms with Crippen molar-refractivity contribution < 1.29 is 9.47 Å². The molecule has 0 amide bonds. The molecule has 0 aromatic rings. The lowest BCUT2D eigenvalue weighted by molar-refractivity contribution is 0.0733. The van der Waals surface area contributed by atoms with Crippen molar-refractivity contribution in [1.29, 1.82) is 0 Å². The predicted octanol–water partition coefficient (Wildman–Crippen LogP) is 1.50. The molecule has 0 aromatic heterocycles. The maximum atomic E-state index is 5.57. The molecule has 0 aromatic carbocycles. The van der Waals surface area contributed by atoms with Gasteiger partial charge in [-0.25, -0.2) is 0 Å². The summed E-state index contributed by atoms with van der Waals surface area (Å²) in [4.78, 5) is 0.614. The molecule has 0 radical (unpaired) electrons. The summed E-state index contributed by atoms with van der Waals surface area (Å²) in [5.41, 5.74) is 5.82. The second-order valence-electron chi connectivity index (χ2n) is 4.04. The standard InChI is InChI=1S/C10H19NO2S/c1-12-5-2-6-13-8-10(3-4-10)7-9(11)14/h2-8H2,1H3,(H2,11,14). The largest absolute Gasteiger partial charge is 0.393 e. The summed E-state index contributed by atoms with van der Waals surface area (Å²) in [6.45, 7) is 2.34. The molecule has 0 spiro atoms. The molecule has 0 heterocycles. The van der Waals surface area contributed by atoms with Crippen LogP contribution < -0.4 is 5.73 Å². The van der Waals surface area contributed by atoms with E-state index in [4.69, 9.17) is 27.4 Å². The summed E-state index contributed by atoms with van der Waals surface area (Å²) in [7, 11) is 1.70. The molecule has 4 heteroatoms. The second kappa shape index (κ2) is 5.63. The lowest BCUT2D eigenvalue weighted by Crippen LogP contribution is -2.20. The molecule has 0 unspecified atom stereocenters. The monoisotopic (exact) mass is 217 g/mol. The van der Waals surface area contributed by atoms with E-state index in [1.54, 1.807) is 7.11 Å². The summed E-state index contributed by atoms with van der Waals surface area (Å²) in [6, 6.07) is 0. The van der Waals surface area contributed by atoms with Gasteiger partial charge in [-0.3, -0.25) is 0 Å². The van der Waals surface area contributed by atoms with E-state index in [-0.39, 0.29) is 0 Å². The molecule has 0 saturated heterocycles. The van der Waals surface area contributed by atoms with E-state index in [2.05, 4.69) is 0 Å². The molecular weight excluding hydrogens is 198 g/mol. The lowest BCUT2D eigenvalue weighted by Gasteiger charge is -2.14. The van der Waals surface area contributed by atoms with Gasteiger partial charge in [0.05, 0.1) is 11.6 Å². The van der Waals surface area contributed by atoms with Crippen molar-refractivity contribution in [2.75, 3.05) is 26.9 Å². The molecule has 0 atom stereocenters. The minimum atomic E-state index is 0.291. The quantitative estimate of drug-likeness (QED) is 0.494. The minimum Gasteiger partial charge on any atom is -0.393 e. The van der Waals surface area contributed by atoms with Gasteiger partial charge in [0.25, 0.3) is 0 Å². The van der Waals surface area contributed by atoms with Crippen molar-refractivity contribution in [2.24, 2.45) is 11.1 Å². The Hall–Kier alpha value is -0.190. The second-order valence-corrected chi connectivity index (χ2v) is 4.57. The van der Waals surface area contributed by atoms with Gasteiger partial charge < -0.3 is 15.2 Å². The van der Waals surface area contributed by atoms with Gasteiger partial charge in [0.1, 0.15) is 0 Å². The van der Waals surface area contributed by atoms with Gasteiger partial charge in [0.2, 0.25) is 0 Å². The Morgan fingerprint density at radius 2 is 2.14 bits per heavy atom. The normalized spacial score (nSPS) is 18.1. The van der Waals surface area contributed by atoms with Crippen LogP contribution in [-0.2, 0) is 9.47 Å². The highest BCUT2D eigenvalue weighted by molar-refractivity contribution is 7.80. The van der Waals surface area contributed by atoms with Crippen LogP contribution in [0.3, 0.4) is 0 Å². The van der Waals surface area contributed by atoms with E-state index in [0.717, 1.165) is 32.7 Å². The summed E-state index contributed by atoms with van der Waals surface area (Å²) in [5, 5.41) is 0. The number of ether oxygens (including phenoxy) is 2. The van der Waals surface area contributed by atoms with Crippen LogP contribution in [-0.4, -0.2) is 31.9 Å². The Morgan fingerprint density at radius 1 is 1.43 bits per heavy atom. The highest BCUT2D eigenvalue weighted by Gasteiger charge is 2.43. The first-order chi connectivity index (χ1) is 6.68. The smallest absolute Gasteiger partial charge is 0.0733 e. The molecule has 1 aliphatic carbocycles. The van der Waals surface area contributed by atoms with Crippen LogP contribution >= 0.6 is 12.2 Å². The van der Waals surface area contributed by atoms with Crippen LogP contribution in [0.5, 0.6) is 0 Å². The third-order valence-electron chi connectivity index (χ3n) is 2.55. The summed E-state index contributed by atoms with van der Waals surface area (Å²) < 4.78 is 10.5. The molecule has 1 saturated carbocycles. The van der Waals surface area contributed by atoms with Crippen molar-refractivity contribution in [3.8, 4) is 0 Å². The van der Waals surface area contributed by atoms with Gasteiger partial charge in [-0.1, -0.05) is 12.2 Å². The van der Waals surface area contributed by atoms with Crippen LogP contribution in [0.1, 0.15) is 25.7 Å². The summed E-state index contributed by atoms with van der Waals surface area (Å²) >= 11 is 4.91. The molecule has 1 aliphatic rings. The van der Waals surface area contributed by atoms with Crippen molar-refractivity contribution >= 4 is 17.2 Å². The first-order valence-corrected chi connectivity index (χ1v) is 5.44. The van der Waals surface area contributed by atoms with Crippen molar-refractivity contribution in [2.45, 2.75) is 25.7 Å². The lowest BCUT2D eigenvalue weighted by atomic mass is 10.0. The molecule has 2 N–H and O–H groups in total. The topological polar surface area (TPSA) is 44.5 Å². The average Bonchev–Trinajstić information content (AvgIpc) is 2.84. The third-order valence-corrected chi connectivity index (χ3v) is 2.70. The van der Waals surface area contributed by atoms with Crippen LogP contribution in [0.15, 0.2) is 0 Å². The molecule has 0 bridgehead atoms. The van der Waals surface area contributed by atoms with Crippen molar-refractivity contribution in [3.05, 3.63) is 0 Å². The van der Waals surface area contributed by atoms with Crippen molar-refractivity contribution in [3.63, 3.8) is 0 Å². The van der Waals surface area contributed by atoms with Gasteiger partial charge in [-0.05, 0) is 19.3 Å². The van der Waals surface area contributed by atoms with Crippen LogP contribution in [0.25, 0.3) is 0 Å². The number of methoxy groups -OCH3 is 1. The number of rotatable bonds is 8.